The molecule has 0 spiro atoms. The quantitative estimate of drug-likeness (QED) is 0.0243. The third-order valence-corrected chi connectivity index (χ3v) is 15.6. The molecule has 346 valence electrons. The number of ether oxygens (including phenoxy) is 1. The Hall–Kier alpha value is -7.49. The van der Waals surface area contributed by atoms with E-state index in [2.05, 4.69) is 201 Å². The number of benzene rings is 9. The van der Waals surface area contributed by atoms with Crippen molar-refractivity contribution in [2.75, 3.05) is 0 Å². The summed E-state index contributed by atoms with van der Waals surface area (Å²) >= 11 is 0. The molecule has 0 aromatic heterocycles. The van der Waals surface area contributed by atoms with Gasteiger partial charge in [-0.25, -0.2) is 4.79 Å². The Morgan fingerprint density at radius 3 is 0.913 bits per heavy atom. The molecule has 0 fully saturated rings. The molecule has 0 bridgehead atoms. The number of aryl methyl sites for hydroxylation is 1. The zero-order chi connectivity index (χ0) is 47.8. The third-order valence-electron chi connectivity index (χ3n) is 10.1. The molecule has 9 aromatic carbocycles. The molecule has 0 heterocycles. The average Bonchev–Trinajstić information content (AvgIpc) is 3.39. The molecule has 11 heteroatoms. The molecule has 0 unspecified atom stereocenters. The number of nitro benzene ring substituents is 2. The van der Waals surface area contributed by atoms with Gasteiger partial charge in [0.1, 0.15) is 37.6 Å². The zero-order valence-electron chi connectivity index (χ0n) is 37.6. The number of non-ortho nitro benzene ring substituents is 2. The number of nitrogens with zero attached hydrogens (tertiary/aromatic N) is 2. The Morgan fingerprint density at radius 2 is 0.667 bits per heavy atom. The van der Waals surface area contributed by atoms with Crippen molar-refractivity contribution in [2.24, 2.45) is 0 Å². The summed E-state index contributed by atoms with van der Waals surface area (Å²) in [6, 6.07) is 86.0. The van der Waals surface area contributed by atoms with E-state index < -0.39 is 31.7 Å². The van der Waals surface area contributed by atoms with E-state index in [4.69, 9.17) is 4.74 Å². The number of hydrogen-bond donors (Lipinski definition) is 0. The van der Waals surface area contributed by atoms with Crippen molar-refractivity contribution in [3.63, 3.8) is 0 Å². The van der Waals surface area contributed by atoms with Gasteiger partial charge in [-0.2, -0.15) is 0 Å². The van der Waals surface area contributed by atoms with Crippen LogP contribution in [0.25, 0.3) is 6.08 Å². The maximum atomic E-state index is 11.6. The fourth-order valence-electron chi connectivity index (χ4n) is 6.82. The zero-order valence-corrected chi connectivity index (χ0v) is 41.2. The molecule has 69 heavy (non-hydrogen) atoms. The molecule has 0 radical (unpaired) electrons. The molecule has 0 aliphatic heterocycles. The summed E-state index contributed by atoms with van der Waals surface area (Å²) in [6.45, 7) is 2.08. The number of carbonyl (C=O) groups excluding carboxylic acids is 1. The minimum atomic E-state index is -0.877. The molecule has 0 atom stereocenters. The van der Waals surface area contributed by atoms with Gasteiger partial charge in [-0.1, -0.05) is 145 Å². The van der Waals surface area contributed by atoms with E-state index in [0.717, 1.165) is 6.08 Å². The van der Waals surface area contributed by atoms with Gasteiger partial charge in [-0.15, -0.1) is 0 Å². The number of hydrogen-bond acceptors (Lipinski definition) is 6. The maximum absolute atomic E-state index is 11.6. The summed E-state index contributed by atoms with van der Waals surface area (Å²) in [5.74, 6) is -0.494. The van der Waals surface area contributed by atoms with Crippen LogP contribution in [-0.2, 0) is 25.2 Å². The van der Waals surface area contributed by atoms with E-state index >= 15 is 0 Å². The van der Waals surface area contributed by atoms with Crippen LogP contribution < -0.4 is 36.6 Å². The van der Waals surface area contributed by atoms with E-state index in [0.29, 0.717) is 5.56 Å². The second-order valence-corrected chi connectivity index (χ2v) is 19.9. The van der Waals surface area contributed by atoms with Gasteiger partial charge in [0.15, 0.2) is 0 Å². The van der Waals surface area contributed by atoms with Crippen molar-refractivity contribution in [3.8, 4) is 5.75 Å². The first-order chi connectivity index (χ1) is 33.2. The van der Waals surface area contributed by atoms with Crippen LogP contribution in [0.5, 0.6) is 5.75 Å². The maximum Gasteiger partial charge on any atom is 0.336 e. The molecular weight excluding hydrogens is 989 g/mol. The number of rotatable bonds is 11. The van der Waals surface area contributed by atoms with Gasteiger partial charge in [0.05, 0.1) is 25.7 Å². The summed E-state index contributed by atoms with van der Waals surface area (Å²) in [6.07, 6.45) is 2.60. The summed E-state index contributed by atoms with van der Waals surface area (Å²) in [4.78, 5) is 31.6. The Morgan fingerprint density at radius 1 is 0.406 bits per heavy atom. The first-order valence-electron chi connectivity index (χ1n) is 21.7. The SMILES string of the molecule is Cc1ccccc1.O=C(/C=C/c1ccc([N+](=O)[O-])cc1)Oc1ccc([N+](=O)[O-])cc1.[Pd].c1ccc([PH+](c2ccccc2)c2ccccc2)cc1.c1ccc([PH+](c2ccccc2)c2ccccc2)cc1. The molecule has 0 saturated carbocycles. The predicted molar refractivity (Wildman–Crippen MR) is 285 cm³/mol. The first-order valence-corrected chi connectivity index (χ1v) is 24.7. The van der Waals surface area contributed by atoms with E-state index in [1.54, 1.807) is 0 Å². The standard InChI is InChI=1S/2C18H15P.C15H10N2O6.C7H8.Pd/c2*1-4-10-16(11-5-1)19(17-12-6-2-7-13-17)18-14-8-3-9-15-18;18-15(23-14-8-6-13(7-9-14)17(21)22)10-3-11-1-4-12(5-2-11)16(19)20;1-7-5-3-2-4-6-7;/h2*1-15H;1-10H;2-6H,1H3;/p+2/b;;10-3+;;. The second kappa shape index (κ2) is 28.6. The van der Waals surface area contributed by atoms with Crippen molar-refractivity contribution in [1.29, 1.82) is 0 Å². The molecular formula is C58H50N2O6P2Pd+2. The number of carbonyl (C=O) groups is 1. The van der Waals surface area contributed by atoms with E-state index in [-0.39, 0.29) is 37.5 Å². The number of nitro groups is 2. The number of esters is 1. The Kier molecular flexibility index (Phi) is 21.8. The van der Waals surface area contributed by atoms with Gasteiger partial charge < -0.3 is 4.74 Å². The third kappa shape index (κ3) is 17.3. The van der Waals surface area contributed by atoms with Crippen LogP contribution in [0.15, 0.2) is 267 Å². The van der Waals surface area contributed by atoms with Crippen LogP contribution in [0.1, 0.15) is 11.1 Å². The fraction of sp³-hybridized carbons (Fsp3) is 0.0172. The van der Waals surface area contributed by atoms with Crippen molar-refractivity contribution in [2.45, 2.75) is 6.92 Å². The van der Waals surface area contributed by atoms with Crippen LogP contribution in [0.4, 0.5) is 11.4 Å². The topological polar surface area (TPSA) is 113 Å². The van der Waals surface area contributed by atoms with Crippen molar-refractivity contribution in [1.82, 2.24) is 0 Å². The van der Waals surface area contributed by atoms with Gasteiger partial charge in [-0.05, 0) is 116 Å². The van der Waals surface area contributed by atoms with E-state index in [9.17, 15) is 25.0 Å². The molecule has 0 saturated heterocycles. The van der Waals surface area contributed by atoms with Crippen LogP contribution >= 0.6 is 15.8 Å². The van der Waals surface area contributed by atoms with Crippen LogP contribution in [0.2, 0.25) is 0 Å². The van der Waals surface area contributed by atoms with Gasteiger partial charge in [0.2, 0.25) is 0 Å². The van der Waals surface area contributed by atoms with Crippen molar-refractivity contribution in [3.05, 3.63) is 298 Å². The summed E-state index contributed by atoms with van der Waals surface area (Å²) in [7, 11) is -1.75. The molecule has 8 nitrogen and oxygen atoms in total. The normalized spacial score (nSPS) is 10.2. The minimum Gasteiger partial charge on any atom is -0.423 e. The van der Waals surface area contributed by atoms with Gasteiger partial charge in [0, 0.05) is 50.8 Å². The molecule has 0 aliphatic rings. The van der Waals surface area contributed by atoms with Crippen molar-refractivity contribution < 1.29 is 39.8 Å². The summed E-state index contributed by atoms with van der Waals surface area (Å²) < 4.78 is 4.98. The molecule has 0 aliphatic carbocycles. The second-order valence-electron chi connectivity index (χ2n) is 15.0. The summed E-state index contributed by atoms with van der Waals surface area (Å²) in [5, 5.41) is 29.6. The fourth-order valence-corrected chi connectivity index (χ4v) is 12.0. The summed E-state index contributed by atoms with van der Waals surface area (Å²) in [5.41, 5.74) is 1.76. The predicted octanol–water partition coefficient (Wildman–Crippen LogP) is 11.5. The molecule has 9 aromatic rings. The van der Waals surface area contributed by atoms with Crippen LogP contribution in [-0.4, -0.2) is 15.8 Å². The average molecular weight is 1040 g/mol. The van der Waals surface area contributed by atoms with Gasteiger partial charge in [-0.3, -0.25) is 20.2 Å². The largest absolute Gasteiger partial charge is 0.423 e. The molecule has 0 amide bonds. The molecule has 9 rings (SSSR count). The Balaban J connectivity index is 0.000000179. The van der Waals surface area contributed by atoms with Crippen molar-refractivity contribution >= 4 is 71.1 Å². The molecule has 0 N–H and O–H groups in total. The minimum absolute atomic E-state index is 0. The Labute approximate surface area is 419 Å². The smallest absolute Gasteiger partial charge is 0.336 e. The van der Waals surface area contributed by atoms with Gasteiger partial charge in [0.25, 0.3) is 11.4 Å². The van der Waals surface area contributed by atoms with E-state index in [1.165, 1.54) is 92.0 Å². The van der Waals surface area contributed by atoms with E-state index in [1.807, 2.05) is 18.2 Å². The Bertz CT molecular complexity index is 2620. The van der Waals surface area contributed by atoms with Crippen LogP contribution in [0.3, 0.4) is 0 Å². The van der Waals surface area contributed by atoms with Gasteiger partial charge >= 0.3 is 5.97 Å². The first kappa shape index (κ1) is 52.5. The van der Waals surface area contributed by atoms with Crippen LogP contribution in [0, 0.1) is 27.2 Å². The monoisotopic (exact) mass is 1040 g/mol.